The normalized spacial score (nSPS) is 16.2. The van der Waals surface area contributed by atoms with Gasteiger partial charge in [-0.2, -0.15) is 0 Å². The highest BCUT2D eigenvalue weighted by Gasteiger charge is 2.21. The Kier molecular flexibility index (Phi) is 5.97. The second-order valence-corrected chi connectivity index (χ2v) is 7.49. The molecule has 1 saturated heterocycles. The van der Waals surface area contributed by atoms with Gasteiger partial charge in [0.25, 0.3) is 0 Å². The van der Waals surface area contributed by atoms with Crippen molar-refractivity contribution in [3.63, 3.8) is 0 Å². The summed E-state index contributed by atoms with van der Waals surface area (Å²) in [6.07, 6.45) is 0.0253. The second kappa shape index (κ2) is 8.80. The maximum Gasteiger partial charge on any atom is 0.142 e. The van der Waals surface area contributed by atoms with Crippen molar-refractivity contribution in [1.82, 2.24) is 4.90 Å². The molecule has 0 saturated carbocycles. The third kappa shape index (κ3) is 4.21. The van der Waals surface area contributed by atoms with Crippen LogP contribution in [0.4, 0.5) is 10.1 Å². The number of ether oxygens (including phenoxy) is 1. The minimum absolute atomic E-state index is 0.246. The lowest BCUT2D eigenvalue weighted by Gasteiger charge is -2.37. The van der Waals surface area contributed by atoms with Gasteiger partial charge in [0.15, 0.2) is 0 Å². The van der Waals surface area contributed by atoms with Gasteiger partial charge in [-0.3, -0.25) is 4.90 Å². The summed E-state index contributed by atoms with van der Waals surface area (Å²) in [5.41, 5.74) is 1.93. The Morgan fingerprint density at radius 3 is 2.38 bits per heavy atom. The van der Waals surface area contributed by atoms with Crippen LogP contribution < -0.4 is 9.64 Å². The number of benzene rings is 3. The van der Waals surface area contributed by atoms with Crippen molar-refractivity contribution in [1.29, 1.82) is 0 Å². The highest BCUT2D eigenvalue weighted by molar-refractivity contribution is 5.86. The molecule has 3 aromatic rings. The van der Waals surface area contributed by atoms with E-state index in [1.54, 1.807) is 19.2 Å². The van der Waals surface area contributed by atoms with Crippen molar-refractivity contribution in [2.75, 3.05) is 44.7 Å². The number of nitrogens with zero attached hydrogens (tertiary/aromatic N) is 2. The molecule has 0 aliphatic carbocycles. The highest BCUT2D eigenvalue weighted by Crippen LogP contribution is 2.30. The Labute approximate surface area is 171 Å². The molecule has 1 N–H and O–H groups in total. The fourth-order valence-corrected chi connectivity index (χ4v) is 4.14. The van der Waals surface area contributed by atoms with Crippen molar-refractivity contribution in [2.45, 2.75) is 12.5 Å². The van der Waals surface area contributed by atoms with E-state index in [1.165, 1.54) is 6.07 Å². The minimum atomic E-state index is -0.604. The maximum absolute atomic E-state index is 14.0. The van der Waals surface area contributed by atoms with Gasteiger partial charge in [0.2, 0.25) is 0 Å². The standard InChI is InChI=1S/C24H27FN2O2/c1-29-24-9-5-4-8-22(24)27-16-14-26(15-17-27)13-12-23(28)20-10-11-21(25)19-7-3-2-6-18(19)20/h2-11,23,28H,12-17H2,1H3. The number of anilines is 1. The molecule has 0 bridgehead atoms. The number of methoxy groups -OCH3 is 1. The quantitative estimate of drug-likeness (QED) is 0.679. The Bertz CT molecular complexity index is 970. The summed E-state index contributed by atoms with van der Waals surface area (Å²) in [6.45, 7) is 4.54. The molecule has 1 unspecified atom stereocenters. The molecular weight excluding hydrogens is 367 g/mol. The third-order valence-electron chi connectivity index (χ3n) is 5.78. The molecule has 4 rings (SSSR count). The van der Waals surface area contributed by atoms with Crippen LogP contribution >= 0.6 is 0 Å². The predicted octanol–water partition coefficient (Wildman–Crippen LogP) is 4.23. The number of hydrogen-bond acceptors (Lipinski definition) is 4. The van der Waals surface area contributed by atoms with E-state index in [0.717, 1.165) is 55.1 Å². The number of fused-ring (bicyclic) bond motifs is 1. The molecule has 152 valence electrons. The number of para-hydroxylation sites is 2. The van der Waals surface area contributed by atoms with Crippen LogP contribution in [-0.4, -0.2) is 49.8 Å². The average Bonchev–Trinajstić information content (AvgIpc) is 2.78. The highest BCUT2D eigenvalue weighted by atomic mass is 19.1. The lowest BCUT2D eigenvalue weighted by Crippen LogP contribution is -2.46. The molecule has 1 atom stereocenters. The fraction of sp³-hybridized carbons (Fsp3) is 0.333. The molecule has 1 fully saturated rings. The molecule has 3 aromatic carbocycles. The number of halogens is 1. The van der Waals surface area contributed by atoms with Crippen molar-refractivity contribution < 1.29 is 14.2 Å². The van der Waals surface area contributed by atoms with E-state index in [1.807, 2.05) is 36.4 Å². The van der Waals surface area contributed by atoms with E-state index in [2.05, 4.69) is 15.9 Å². The van der Waals surface area contributed by atoms with Gasteiger partial charge in [-0.15, -0.1) is 0 Å². The summed E-state index contributed by atoms with van der Waals surface area (Å²) in [5.74, 6) is 0.656. The van der Waals surface area contributed by atoms with Gasteiger partial charge in [0, 0.05) is 38.1 Å². The number of aliphatic hydroxyl groups excluding tert-OH is 1. The first-order valence-electron chi connectivity index (χ1n) is 10.1. The number of hydrogen-bond donors (Lipinski definition) is 1. The minimum Gasteiger partial charge on any atom is -0.495 e. The first-order chi connectivity index (χ1) is 14.2. The van der Waals surface area contributed by atoms with Gasteiger partial charge < -0.3 is 14.7 Å². The summed E-state index contributed by atoms with van der Waals surface area (Å²) in [5, 5.41) is 12.1. The Hall–Kier alpha value is -2.63. The molecule has 29 heavy (non-hydrogen) atoms. The van der Waals surface area contributed by atoms with Crippen LogP contribution in [0.3, 0.4) is 0 Å². The largest absolute Gasteiger partial charge is 0.495 e. The molecule has 0 radical (unpaired) electrons. The Balaban J connectivity index is 1.36. The molecule has 0 spiro atoms. The predicted molar refractivity (Wildman–Crippen MR) is 115 cm³/mol. The zero-order chi connectivity index (χ0) is 20.2. The zero-order valence-corrected chi connectivity index (χ0v) is 16.7. The molecule has 1 aliphatic rings. The van der Waals surface area contributed by atoms with Gasteiger partial charge in [-0.05, 0) is 35.6 Å². The number of rotatable bonds is 6. The van der Waals surface area contributed by atoms with Crippen LogP contribution in [0.25, 0.3) is 10.8 Å². The summed E-state index contributed by atoms with van der Waals surface area (Å²) in [4.78, 5) is 4.72. The van der Waals surface area contributed by atoms with Crippen LogP contribution in [-0.2, 0) is 0 Å². The first-order valence-corrected chi connectivity index (χ1v) is 10.1. The summed E-state index contributed by atoms with van der Waals surface area (Å²) < 4.78 is 19.5. The lowest BCUT2D eigenvalue weighted by molar-refractivity contribution is 0.140. The van der Waals surface area contributed by atoms with Crippen LogP contribution in [0, 0.1) is 5.82 Å². The van der Waals surface area contributed by atoms with E-state index in [-0.39, 0.29) is 5.82 Å². The molecule has 4 nitrogen and oxygen atoms in total. The summed E-state index contributed by atoms with van der Waals surface area (Å²) in [7, 11) is 1.70. The van der Waals surface area contributed by atoms with Crippen LogP contribution in [0.5, 0.6) is 5.75 Å². The molecule has 0 amide bonds. The maximum atomic E-state index is 14.0. The average molecular weight is 394 g/mol. The van der Waals surface area contributed by atoms with Crippen LogP contribution in [0.1, 0.15) is 18.1 Å². The van der Waals surface area contributed by atoms with Crippen molar-refractivity contribution in [3.05, 3.63) is 72.0 Å². The lowest BCUT2D eigenvalue weighted by atomic mass is 9.98. The topological polar surface area (TPSA) is 35.9 Å². The van der Waals surface area contributed by atoms with E-state index in [9.17, 15) is 9.50 Å². The Morgan fingerprint density at radius 2 is 1.62 bits per heavy atom. The smallest absolute Gasteiger partial charge is 0.142 e. The van der Waals surface area contributed by atoms with E-state index < -0.39 is 6.10 Å². The SMILES string of the molecule is COc1ccccc1N1CCN(CCC(O)c2ccc(F)c3ccccc23)CC1. The van der Waals surface area contributed by atoms with Crippen LogP contribution in [0.2, 0.25) is 0 Å². The van der Waals surface area contributed by atoms with Gasteiger partial charge in [-0.25, -0.2) is 4.39 Å². The third-order valence-corrected chi connectivity index (χ3v) is 5.78. The van der Waals surface area contributed by atoms with E-state index in [0.29, 0.717) is 11.8 Å². The van der Waals surface area contributed by atoms with Crippen molar-refractivity contribution >= 4 is 16.5 Å². The zero-order valence-electron chi connectivity index (χ0n) is 16.7. The molecule has 1 aliphatic heterocycles. The van der Waals surface area contributed by atoms with Crippen molar-refractivity contribution in [2.24, 2.45) is 0 Å². The first kappa shape index (κ1) is 19.7. The molecular formula is C24H27FN2O2. The summed E-state index contributed by atoms with van der Waals surface area (Å²) >= 11 is 0. The fourth-order valence-electron chi connectivity index (χ4n) is 4.14. The van der Waals surface area contributed by atoms with Gasteiger partial charge >= 0.3 is 0 Å². The summed E-state index contributed by atoms with van der Waals surface area (Å²) in [6, 6.07) is 18.6. The Morgan fingerprint density at radius 1 is 0.931 bits per heavy atom. The monoisotopic (exact) mass is 394 g/mol. The van der Waals surface area contributed by atoms with Crippen LogP contribution in [0.15, 0.2) is 60.7 Å². The van der Waals surface area contributed by atoms with Crippen molar-refractivity contribution in [3.8, 4) is 5.75 Å². The molecule has 5 heteroatoms. The molecule has 1 heterocycles. The van der Waals surface area contributed by atoms with E-state index in [4.69, 9.17) is 4.74 Å². The second-order valence-electron chi connectivity index (χ2n) is 7.49. The van der Waals surface area contributed by atoms with E-state index >= 15 is 0 Å². The number of aliphatic hydroxyl groups is 1. The van der Waals surface area contributed by atoms with Gasteiger partial charge in [-0.1, -0.05) is 42.5 Å². The van der Waals surface area contributed by atoms with Gasteiger partial charge in [0.05, 0.1) is 18.9 Å². The van der Waals surface area contributed by atoms with Gasteiger partial charge in [0.1, 0.15) is 11.6 Å². The molecule has 0 aromatic heterocycles. The number of piperazine rings is 1.